The lowest BCUT2D eigenvalue weighted by Gasteiger charge is -2.30. The van der Waals surface area contributed by atoms with Gasteiger partial charge in [0, 0.05) is 27.4 Å². The van der Waals surface area contributed by atoms with E-state index in [-0.39, 0.29) is 0 Å². The minimum atomic E-state index is -2.43. The zero-order chi connectivity index (χ0) is 10.4. The van der Waals surface area contributed by atoms with Gasteiger partial charge in [-0.1, -0.05) is 32.1 Å². The van der Waals surface area contributed by atoms with E-state index in [1.54, 1.807) is 21.3 Å². The maximum absolute atomic E-state index is 5.38. The van der Waals surface area contributed by atoms with Gasteiger partial charge in [-0.2, -0.15) is 0 Å². The van der Waals surface area contributed by atoms with Crippen LogP contribution in [0.5, 0.6) is 0 Å². The molecular formula is C10H21O3Si. The van der Waals surface area contributed by atoms with Crippen LogP contribution in [-0.4, -0.2) is 30.1 Å². The molecule has 0 amide bonds. The summed E-state index contributed by atoms with van der Waals surface area (Å²) in [5.41, 5.74) is 0. The first-order valence-electron chi connectivity index (χ1n) is 5.28. The van der Waals surface area contributed by atoms with E-state index in [9.17, 15) is 0 Å². The van der Waals surface area contributed by atoms with E-state index in [2.05, 4.69) is 6.04 Å². The molecule has 0 atom stereocenters. The summed E-state index contributed by atoms with van der Waals surface area (Å²) >= 11 is 0. The van der Waals surface area contributed by atoms with Gasteiger partial charge in [-0.25, -0.2) is 0 Å². The minimum absolute atomic E-state index is 0.621. The van der Waals surface area contributed by atoms with E-state index in [0.29, 0.717) is 5.92 Å². The van der Waals surface area contributed by atoms with E-state index in [0.717, 1.165) is 0 Å². The molecule has 0 N–H and O–H groups in total. The van der Waals surface area contributed by atoms with Crippen LogP contribution >= 0.6 is 0 Å². The Hall–Kier alpha value is 0.0969. The molecule has 1 fully saturated rings. The van der Waals surface area contributed by atoms with E-state index >= 15 is 0 Å². The van der Waals surface area contributed by atoms with Gasteiger partial charge in [0.25, 0.3) is 0 Å². The summed E-state index contributed by atoms with van der Waals surface area (Å²) in [4.78, 5) is 0. The first kappa shape index (κ1) is 12.2. The van der Waals surface area contributed by atoms with Crippen molar-refractivity contribution in [1.82, 2.24) is 0 Å². The summed E-state index contributed by atoms with van der Waals surface area (Å²) in [5.74, 6) is 0.621. The fraction of sp³-hybridized carbons (Fsp3) is 0.900. The van der Waals surface area contributed by atoms with Gasteiger partial charge >= 0.3 is 8.80 Å². The number of hydrogen-bond acceptors (Lipinski definition) is 3. The molecule has 0 aromatic carbocycles. The lowest BCUT2D eigenvalue weighted by Crippen LogP contribution is -2.46. The molecule has 1 saturated carbocycles. The molecule has 0 aliphatic heterocycles. The highest BCUT2D eigenvalue weighted by Gasteiger charge is 2.40. The Morgan fingerprint density at radius 2 is 1.43 bits per heavy atom. The number of rotatable bonds is 5. The molecule has 1 rings (SSSR count). The summed E-state index contributed by atoms with van der Waals surface area (Å²) in [5, 5.41) is 0. The molecule has 1 radical (unpaired) electrons. The molecule has 4 heteroatoms. The van der Waals surface area contributed by atoms with Crippen LogP contribution in [0.3, 0.4) is 0 Å². The van der Waals surface area contributed by atoms with Gasteiger partial charge < -0.3 is 13.3 Å². The molecule has 0 bridgehead atoms. The van der Waals surface area contributed by atoms with Crippen LogP contribution in [0.2, 0.25) is 0 Å². The van der Waals surface area contributed by atoms with Crippen LogP contribution in [0.1, 0.15) is 32.1 Å². The van der Waals surface area contributed by atoms with Gasteiger partial charge in [0.1, 0.15) is 0 Å². The normalized spacial score (nSPS) is 19.9. The van der Waals surface area contributed by atoms with Crippen LogP contribution in [-0.2, 0) is 13.3 Å². The van der Waals surface area contributed by atoms with Crippen molar-refractivity contribution in [3.63, 3.8) is 0 Å². The first-order valence-corrected chi connectivity index (χ1v) is 7.08. The molecule has 0 aromatic heterocycles. The average Bonchev–Trinajstić information content (AvgIpc) is 2.28. The standard InChI is InChI=1S/C10H21O3Si/c1-11-14(12-2,13-3)9-10-7-5-4-6-8-10/h9-10H,4-8H2,1-3H3. The van der Waals surface area contributed by atoms with Gasteiger partial charge in [0.05, 0.1) is 0 Å². The Morgan fingerprint density at radius 1 is 0.929 bits per heavy atom. The molecule has 0 saturated heterocycles. The molecule has 0 spiro atoms. The molecule has 0 heterocycles. The lowest BCUT2D eigenvalue weighted by atomic mass is 9.91. The topological polar surface area (TPSA) is 27.7 Å². The van der Waals surface area contributed by atoms with Crippen molar-refractivity contribution >= 4 is 8.80 Å². The first-order chi connectivity index (χ1) is 6.76. The van der Waals surface area contributed by atoms with Gasteiger partial charge in [-0.3, -0.25) is 0 Å². The third-order valence-corrected chi connectivity index (χ3v) is 5.53. The van der Waals surface area contributed by atoms with Crippen LogP contribution in [0.15, 0.2) is 0 Å². The summed E-state index contributed by atoms with van der Waals surface area (Å²) in [6.45, 7) is 0. The second-order valence-corrected chi connectivity index (χ2v) is 6.55. The fourth-order valence-corrected chi connectivity index (χ4v) is 3.86. The Kier molecular flexibility index (Phi) is 5.09. The van der Waals surface area contributed by atoms with Gasteiger partial charge in [-0.15, -0.1) is 0 Å². The third kappa shape index (κ3) is 3.05. The van der Waals surface area contributed by atoms with Crippen molar-refractivity contribution in [2.75, 3.05) is 21.3 Å². The zero-order valence-corrected chi connectivity index (χ0v) is 10.4. The molecular weight excluding hydrogens is 196 g/mol. The van der Waals surface area contributed by atoms with Crippen molar-refractivity contribution < 1.29 is 13.3 Å². The maximum atomic E-state index is 5.38. The van der Waals surface area contributed by atoms with E-state index in [4.69, 9.17) is 13.3 Å². The largest absolute Gasteiger partial charge is 0.503 e. The summed E-state index contributed by atoms with van der Waals surface area (Å²) < 4.78 is 16.1. The van der Waals surface area contributed by atoms with Crippen LogP contribution in [0, 0.1) is 12.0 Å². The highest BCUT2D eigenvalue weighted by Crippen LogP contribution is 2.29. The van der Waals surface area contributed by atoms with Crippen molar-refractivity contribution in [3.05, 3.63) is 6.04 Å². The predicted octanol–water partition coefficient (Wildman–Crippen LogP) is 2.19. The highest BCUT2D eigenvalue weighted by molar-refractivity contribution is 6.64. The van der Waals surface area contributed by atoms with E-state index in [1.807, 2.05) is 0 Å². The van der Waals surface area contributed by atoms with Crippen molar-refractivity contribution in [2.24, 2.45) is 5.92 Å². The Bertz CT molecular complexity index is 145. The van der Waals surface area contributed by atoms with Crippen molar-refractivity contribution in [2.45, 2.75) is 32.1 Å². The summed E-state index contributed by atoms with van der Waals surface area (Å²) in [7, 11) is 2.57. The molecule has 1 aliphatic carbocycles. The van der Waals surface area contributed by atoms with Crippen LogP contribution < -0.4 is 0 Å². The van der Waals surface area contributed by atoms with Crippen molar-refractivity contribution in [3.8, 4) is 0 Å². The summed E-state index contributed by atoms with van der Waals surface area (Å²) in [6, 6.07) is 2.19. The third-order valence-electron chi connectivity index (χ3n) is 2.94. The van der Waals surface area contributed by atoms with Crippen LogP contribution in [0.25, 0.3) is 0 Å². The average molecular weight is 217 g/mol. The summed E-state index contributed by atoms with van der Waals surface area (Å²) in [6.07, 6.45) is 6.52. The van der Waals surface area contributed by atoms with Gasteiger partial charge in [-0.05, 0) is 5.92 Å². The van der Waals surface area contributed by atoms with Crippen LogP contribution in [0.4, 0.5) is 0 Å². The second-order valence-electron chi connectivity index (χ2n) is 3.78. The van der Waals surface area contributed by atoms with E-state index in [1.165, 1.54) is 32.1 Å². The fourth-order valence-electron chi connectivity index (χ4n) is 2.04. The Morgan fingerprint density at radius 3 is 1.86 bits per heavy atom. The maximum Gasteiger partial charge on any atom is 0.503 e. The molecule has 3 nitrogen and oxygen atoms in total. The molecule has 0 aromatic rings. The lowest BCUT2D eigenvalue weighted by molar-refractivity contribution is 0.127. The highest BCUT2D eigenvalue weighted by atomic mass is 28.4. The quantitative estimate of drug-likeness (QED) is 0.661. The Balaban J connectivity index is 2.44. The number of hydrogen-bond donors (Lipinski definition) is 0. The SMILES string of the molecule is CO[Si]([CH]C1CCCCC1)(OC)OC. The second kappa shape index (κ2) is 5.85. The van der Waals surface area contributed by atoms with E-state index < -0.39 is 8.80 Å². The zero-order valence-electron chi connectivity index (χ0n) is 9.41. The predicted molar refractivity (Wildman–Crippen MR) is 57.7 cm³/mol. The van der Waals surface area contributed by atoms with Gasteiger partial charge in [0.2, 0.25) is 0 Å². The molecule has 14 heavy (non-hydrogen) atoms. The monoisotopic (exact) mass is 217 g/mol. The van der Waals surface area contributed by atoms with Gasteiger partial charge in [0.15, 0.2) is 0 Å². The molecule has 0 unspecified atom stereocenters. The Labute approximate surface area is 88.1 Å². The minimum Gasteiger partial charge on any atom is -0.377 e. The molecule has 1 aliphatic rings. The smallest absolute Gasteiger partial charge is 0.377 e. The van der Waals surface area contributed by atoms with Crippen molar-refractivity contribution in [1.29, 1.82) is 0 Å². The molecule has 83 valence electrons.